The fourth-order valence-corrected chi connectivity index (χ4v) is 4.25. The molecule has 0 spiro atoms. The molecule has 0 amide bonds. The molecule has 27 heavy (non-hydrogen) atoms. The summed E-state index contributed by atoms with van der Waals surface area (Å²) in [6.07, 6.45) is 3.58. The minimum atomic E-state index is -0.0826. The van der Waals surface area contributed by atoms with E-state index in [1.165, 1.54) is 0 Å². The minimum absolute atomic E-state index is 0.0706. The van der Waals surface area contributed by atoms with Gasteiger partial charge in [-0.2, -0.15) is 0 Å². The molecule has 0 N–H and O–H groups in total. The molecule has 2 aromatic heterocycles. The maximum absolute atomic E-state index is 6.27. The molecule has 4 aromatic rings. The molecular weight excluding hydrogens is 335 g/mol. The van der Waals surface area contributed by atoms with E-state index in [0.29, 0.717) is 0 Å². The molecule has 5 nitrogen and oxygen atoms in total. The molecule has 134 valence electrons. The van der Waals surface area contributed by atoms with Gasteiger partial charge >= 0.3 is 0 Å². The van der Waals surface area contributed by atoms with E-state index in [0.717, 1.165) is 39.3 Å². The van der Waals surface area contributed by atoms with Gasteiger partial charge in [-0.05, 0) is 32.9 Å². The zero-order chi connectivity index (χ0) is 18.8. The average Bonchev–Trinajstić information content (AvgIpc) is 3.16. The van der Waals surface area contributed by atoms with E-state index >= 15 is 0 Å². The maximum atomic E-state index is 6.27. The first kappa shape index (κ1) is 16.2. The van der Waals surface area contributed by atoms with Crippen LogP contribution in [0.2, 0.25) is 0 Å². The van der Waals surface area contributed by atoms with Gasteiger partial charge < -0.3 is 9.32 Å². The molecule has 0 saturated carbocycles. The van der Waals surface area contributed by atoms with Gasteiger partial charge in [0.1, 0.15) is 19.6 Å². The van der Waals surface area contributed by atoms with Crippen LogP contribution in [0.1, 0.15) is 20.8 Å². The highest BCUT2D eigenvalue weighted by atomic mass is 16.3. The first-order chi connectivity index (χ1) is 13.0. The molecule has 1 atom stereocenters. The van der Waals surface area contributed by atoms with Crippen LogP contribution in [-0.4, -0.2) is 29.4 Å². The summed E-state index contributed by atoms with van der Waals surface area (Å²) in [6, 6.07) is 14.5. The Morgan fingerprint density at radius 1 is 0.963 bits per heavy atom. The molecule has 1 unspecified atom stereocenters. The Balaban J connectivity index is 1.78. The Hall–Kier alpha value is -3.02. The van der Waals surface area contributed by atoms with Gasteiger partial charge in [0.25, 0.3) is 0 Å². The lowest BCUT2D eigenvalue weighted by molar-refractivity contribution is 0.555. The van der Waals surface area contributed by atoms with E-state index in [2.05, 4.69) is 72.7 Å². The van der Waals surface area contributed by atoms with Crippen LogP contribution in [0.15, 0.2) is 59.3 Å². The van der Waals surface area contributed by atoms with E-state index in [9.17, 15) is 0 Å². The predicted octanol–water partition coefficient (Wildman–Crippen LogP) is 4.05. The number of rotatable bonds is 2. The SMILES string of the molecule is BC(C)(C)N1c2nccnc2N(c2cccc3c2oc2ccccc23)C1C. The van der Waals surface area contributed by atoms with Crippen molar-refractivity contribution in [2.24, 2.45) is 0 Å². The van der Waals surface area contributed by atoms with E-state index in [4.69, 9.17) is 4.42 Å². The first-order valence-corrected chi connectivity index (χ1v) is 9.26. The number of fused-ring (bicyclic) bond motifs is 4. The quantitative estimate of drug-likeness (QED) is 0.507. The average molecular weight is 356 g/mol. The van der Waals surface area contributed by atoms with Crippen LogP contribution in [0.3, 0.4) is 0 Å². The van der Waals surface area contributed by atoms with Gasteiger partial charge in [0, 0.05) is 28.6 Å². The normalized spacial score (nSPS) is 17.1. The summed E-state index contributed by atoms with van der Waals surface area (Å²) in [6.45, 7) is 6.59. The van der Waals surface area contributed by atoms with Gasteiger partial charge in [0.05, 0.1) is 5.69 Å². The number of para-hydroxylation sites is 2. The van der Waals surface area contributed by atoms with Gasteiger partial charge in [-0.25, -0.2) is 9.97 Å². The summed E-state index contributed by atoms with van der Waals surface area (Å²) in [5.74, 6) is 1.78. The summed E-state index contributed by atoms with van der Waals surface area (Å²) >= 11 is 0. The van der Waals surface area contributed by atoms with Crippen LogP contribution in [0.25, 0.3) is 21.9 Å². The molecule has 0 aliphatic carbocycles. The Morgan fingerprint density at radius 2 is 1.67 bits per heavy atom. The van der Waals surface area contributed by atoms with Crippen LogP contribution in [-0.2, 0) is 0 Å². The van der Waals surface area contributed by atoms with Crippen LogP contribution >= 0.6 is 0 Å². The van der Waals surface area contributed by atoms with Gasteiger partial charge in [-0.3, -0.25) is 4.90 Å². The molecule has 0 saturated heterocycles. The molecule has 1 aliphatic heterocycles. The third-order valence-corrected chi connectivity index (χ3v) is 5.23. The highest BCUT2D eigenvalue weighted by molar-refractivity contribution is 6.17. The molecule has 6 heteroatoms. The molecule has 0 fully saturated rings. The van der Waals surface area contributed by atoms with Crippen molar-refractivity contribution in [1.29, 1.82) is 0 Å². The van der Waals surface area contributed by atoms with Crippen molar-refractivity contribution in [3.63, 3.8) is 0 Å². The summed E-state index contributed by atoms with van der Waals surface area (Å²) in [5.41, 5.74) is 2.72. The van der Waals surface area contributed by atoms with Gasteiger partial charge in [0.15, 0.2) is 17.2 Å². The number of hydrogen-bond acceptors (Lipinski definition) is 5. The van der Waals surface area contributed by atoms with Gasteiger partial charge in [0.2, 0.25) is 0 Å². The number of anilines is 3. The number of benzene rings is 2. The molecule has 5 rings (SSSR count). The standard InChI is InChI=1S/C21H21BN4O/c1-13-25(19-20(24-12-11-23-19)26(13)21(2,3)22)16-9-6-8-15-14-7-4-5-10-17(14)27-18(15)16/h4-13H,22H2,1-3H3. The van der Waals surface area contributed by atoms with Crippen molar-refractivity contribution < 1.29 is 4.42 Å². The largest absolute Gasteiger partial charge is 0.454 e. The third-order valence-electron chi connectivity index (χ3n) is 5.23. The first-order valence-electron chi connectivity index (χ1n) is 9.26. The fraction of sp³-hybridized carbons (Fsp3) is 0.238. The molecule has 0 radical (unpaired) electrons. The van der Waals surface area contributed by atoms with Crippen molar-refractivity contribution in [3.8, 4) is 0 Å². The Labute approximate surface area is 159 Å². The smallest absolute Gasteiger partial charge is 0.178 e. The molecular formula is C21H21BN4O. The van der Waals surface area contributed by atoms with E-state index in [-0.39, 0.29) is 11.6 Å². The van der Waals surface area contributed by atoms with E-state index in [1.807, 2.05) is 18.2 Å². The van der Waals surface area contributed by atoms with Crippen molar-refractivity contribution in [2.45, 2.75) is 32.4 Å². The third kappa shape index (κ3) is 2.26. The Bertz CT molecular complexity index is 1160. The van der Waals surface area contributed by atoms with E-state index in [1.54, 1.807) is 12.4 Å². The summed E-state index contributed by atoms with van der Waals surface area (Å²) in [5, 5.41) is 2.25. The monoisotopic (exact) mass is 356 g/mol. The fourth-order valence-electron chi connectivity index (χ4n) is 4.25. The summed E-state index contributed by atoms with van der Waals surface area (Å²) in [4.78, 5) is 13.9. The van der Waals surface area contributed by atoms with Crippen LogP contribution < -0.4 is 9.80 Å². The highest BCUT2D eigenvalue weighted by Crippen LogP contribution is 2.46. The number of furan rings is 1. The summed E-state index contributed by atoms with van der Waals surface area (Å²) < 4.78 is 6.27. The number of hydrogen-bond donors (Lipinski definition) is 0. The highest BCUT2D eigenvalue weighted by Gasteiger charge is 2.42. The molecule has 3 heterocycles. The van der Waals surface area contributed by atoms with Gasteiger partial charge in [-0.15, -0.1) is 0 Å². The topological polar surface area (TPSA) is 45.4 Å². The Kier molecular flexibility index (Phi) is 3.29. The molecule has 1 aliphatic rings. The van der Waals surface area contributed by atoms with Crippen LogP contribution in [0.4, 0.5) is 17.3 Å². The lowest BCUT2D eigenvalue weighted by Gasteiger charge is -2.38. The minimum Gasteiger partial charge on any atom is -0.454 e. The van der Waals surface area contributed by atoms with Crippen molar-refractivity contribution in [2.75, 3.05) is 9.80 Å². The van der Waals surface area contributed by atoms with E-state index < -0.39 is 0 Å². The van der Waals surface area contributed by atoms with Crippen LogP contribution in [0, 0.1) is 0 Å². The Morgan fingerprint density at radius 3 is 2.44 bits per heavy atom. The molecule has 0 bridgehead atoms. The predicted molar refractivity (Wildman–Crippen MR) is 112 cm³/mol. The molecule has 2 aromatic carbocycles. The van der Waals surface area contributed by atoms with Crippen molar-refractivity contribution in [3.05, 3.63) is 54.9 Å². The lowest BCUT2D eigenvalue weighted by Crippen LogP contribution is -2.51. The zero-order valence-corrected chi connectivity index (χ0v) is 16.0. The van der Waals surface area contributed by atoms with Crippen LogP contribution in [0.5, 0.6) is 0 Å². The second-order valence-electron chi connectivity index (χ2n) is 8.00. The second kappa shape index (κ2) is 5.49. The van der Waals surface area contributed by atoms with Crippen molar-refractivity contribution >= 4 is 47.1 Å². The van der Waals surface area contributed by atoms with Gasteiger partial charge in [-0.1, -0.05) is 30.3 Å². The number of aromatic nitrogens is 2. The summed E-state index contributed by atoms with van der Waals surface area (Å²) in [7, 11) is 2.20. The zero-order valence-electron chi connectivity index (χ0n) is 16.0. The second-order valence-corrected chi connectivity index (χ2v) is 8.00. The maximum Gasteiger partial charge on any atom is 0.178 e. The lowest BCUT2D eigenvalue weighted by atomic mass is 9.80. The van der Waals surface area contributed by atoms with Crippen molar-refractivity contribution in [1.82, 2.24) is 9.97 Å². The number of nitrogens with zero attached hydrogens (tertiary/aromatic N) is 4.